The van der Waals surface area contributed by atoms with Gasteiger partial charge in [0.2, 0.25) is 0 Å². The third kappa shape index (κ3) is 3.14. The van der Waals surface area contributed by atoms with E-state index < -0.39 is 0 Å². The quantitative estimate of drug-likeness (QED) is 0.883. The van der Waals surface area contributed by atoms with Gasteiger partial charge in [0.25, 0.3) is 0 Å². The van der Waals surface area contributed by atoms with Gasteiger partial charge >= 0.3 is 0 Å². The summed E-state index contributed by atoms with van der Waals surface area (Å²) >= 11 is 0. The van der Waals surface area contributed by atoms with E-state index in [0.717, 1.165) is 11.7 Å². The SMILES string of the molecule is CC(C)CN1CCC[C@@H]1c1ccc(NC2CCC2)nc1. The predicted molar refractivity (Wildman–Crippen MR) is 83.9 cm³/mol. The summed E-state index contributed by atoms with van der Waals surface area (Å²) < 4.78 is 0. The summed E-state index contributed by atoms with van der Waals surface area (Å²) in [7, 11) is 0. The molecule has 0 amide bonds. The molecule has 0 spiro atoms. The molecule has 20 heavy (non-hydrogen) atoms. The molecule has 0 unspecified atom stereocenters. The molecule has 2 heterocycles. The van der Waals surface area contributed by atoms with Crippen molar-refractivity contribution in [2.75, 3.05) is 18.4 Å². The summed E-state index contributed by atoms with van der Waals surface area (Å²) in [6.07, 6.45) is 8.65. The molecule has 1 atom stereocenters. The Morgan fingerprint density at radius 1 is 1.25 bits per heavy atom. The second-order valence-electron chi connectivity index (χ2n) is 6.80. The highest BCUT2D eigenvalue weighted by Crippen LogP contribution is 2.32. The normalized spacial score (nSPS) is 24.1. The molecule has 0 bridgehead atoms. The number of pyridine rings is 1. The summed E-state index contributed by atoms with van der Waals surface area (Å²) in [6.45, 7) is 7.05. The van der Waals surface area contributed by atoms with Gasteiger partial charge in [-0.1, -0.05) is 19.9 Å². The van der Waals surface area contributed by atoms with Crippen LogP contribution in [0.2, 0.25) is 0 Å². The summed E-state index contributed by atoms with van der Waals surface area (Å²) in [5.41, 5.74) is 1.39. The van der Waals surface area contributed by atoms with Crippen LogP contribution in [0.3, 0.4) is 0 Å². The first-order valence-corrected chi connectivity index (χ1v) is 8.19. The maximum atomic E-state index is 4.62. The van der Waals surface area contributed by atoms with Gasteiger partial charge < -0.3 is 5.32 Å². The van der Waals surface area contributed by atoms with Crippen LogP contribution < -0.4 is 5.32 Å². The van der Waals surface area contributed by atoms with Gasteiger partial charge in [-0.15, -0.1) is 0 Å². The van der Waals surface area contributed by atoms with Crippen LogP contribution in [0, 0.1) is 5.92 Å². The monoisotopic (exact) mass is 273 g/mol. The lowest BCUT2D eigenvalue weighted by Gasteiger charge is -2.28. The number of likely N-dealkylation sites (tertiary alicyclic amines) is 1. The highest BCUT2D eigenvalue weighted by molar-refractivity contribution is 5.38. The standard InChI is InChI=1S/C17H27N3/c1-13(2)12-20-10-4-7-16(20)14-8-9-17(18-11-14)19-15-5-3-6-15/h8-9,11,13,15-16H,3-7,10,12H2,1-2H3,(H,18,19)/t16-/m1/s1. The van der Waals surface area contributed by atoms with Gasteiger partial charge in [-0.05, 0) is 56.2 Å². The first kappa shape index (κ1) is 13.9. The fourth-order valence-electron chi connectivity index (χ4n) is 3.34. The molecule has 3 rings (SSSR count). The van der Waals surface area contributed by atoms with Gasteiger partial charge in [0, 0.05) is 24.8 Å². The summed E-state index contributed by atoms with van der Waals surface area (Å²) in [6, 6.07) is 5.69. The van der Waals surface area contributed by atoms with Gasteiger partial charge in [-0.2, -0.15) is 0 Å². The Morgan fingerprint density at radius 3 is 2.70 bits per heavy atom. The first-order valence-electron chi connectivity index (χ1n) is 8.19. The summed E-state index contributed by atoms with van der Waals surface area (Å²) in [4.78, 5) is 7.25. The second kappa shape index (κ2) is 6.13. The van der Waals surface area contributed by atoms with Crippen molar-refractivity contribution in [1.82, 2.24) is 9.88 Å². The highest BCUT2D eigenvalue weighted by Gasteiger charge is 2.26. The fourth-order valence-corrected chi connectivity index (χ4v) is 3.34. The molecule has 1 aromatic rings. The van der Waals surface area contributed by atoms with Crippen LogP contribution >= 0.6 is 0 Å². The van der Waals surface area contributed by atoms with Crippen molar-refractivity contribution in [2.24, 2.45) is 5.92 Å². The maximum Gasteiger partial charge on any atom is 0.126 e. The van der Waals surface area contributed by atoms with E-state index in [2.05, 4.69) is 47.4 Å². The molecule has 2 fully saturated rings. The molecular formula is C17H27N3. The average Bonchev–Trinajstić information content (AvgIpc) is 2.82. The van der Waals surface area contributed by atoms with E-state index in [0.29, 0.717) is 12.1 Å². The number of aromatic nitrogens is 1. The summed E-state index contributed by atoms with van der Waals surface area (Å²) in [5.74, 6) is 1.79. The molecule has 1 aliphatic carbocycles. The van der Waals surface area contributed by atoms with Crippen LogP contribution in [0.5, 0.6) is 0 Å². The van der Waals surface area contributed by atoms with E-state index in [1.165, 1.54) is 50.8 Å². The molecule has 1 N–H and O–H groups in total. The number of anilines is 1. The number of hydrogen-bond donors (Lipinski definition) is 1. The van der Waals surface area contributed by atoms with Crippen LogP contribution in [0.4, 0.5) is 5.82 Å². The van der Waals surface area contributed by atoms with E-state index in [9.17, 15) is 0 Å². The fraction of sp³-hybridized carbons (Fsp3) is 0.706. The Kier molecular flexibility index (Phi) is 4.25. The molecule has 1 aromatic heterocycles. The smallest absolute Gasteiger partial charge is 0.126 e. The number of nitrogens with zero attached hydrogens (tertiary/aromatic N) is 2. The topological polar surface area (TPSA) is 28.2 Å². The predicted octanol–water partition coefficient (Wildman–Crippen LogP) is 3.84. The van der Waals surface area contributed by atoms with Gasteiger partial charge in [-0.3, -0.25) is 4.90 Å². The van der Waals surface area contributed by atoms with Crippen LogP contribution in [-0.2, 0) is 0 Å². The molecule has 1 saturated heterocycles. The minimum absolute atomic E-state index is 0.586. The van der Waals surface area contributed by atoms with Gasteiger partial charge in [0.15, 0.2) is 0 Å². The Morgan fingerprint density at radius 2 is 2.10 bits per heavy atom. The van der Waals surface area contributed by atoms with E-state index in [4.69, 9.17) is 0 Å². The van der Waals surface area contributed by atoms with Crippen molar-refractivity contribution in [2.45, 2.75) is 58.0 Å². The molecule has 110 valence electrons. The lowest BCUT2D eigenvalue weighted by atomic mass is 9.93. The van der Waals surface area contributed by atoms with Crippen LogP contribution in [0.25, 0.3) is 0 Å². The Labute approximate surface area is 122 Å². The van der Waals surface area contributed by atoms with E-state index in [-0.39, 0.29) is 0 Å². The van der Waals surface area contributed by atoms with Crippen LogP contribution in [0.15, 0.2) is 18.3 Å². The highest BCUT2D eigenvalue weighted by atomic mass is 15.2. The lowest BCUT2D eigenvalue weighted by molar-refractivity contribution is 0.228. The number of hydrogen-bond acceptors (Lipinski definition) is 3. The van der Waals surface area contributed by atoms with Crippen molar-refractivity contribution < 1.29 is 0 Å². The van der Waals surface area contributed by atoms with Crippen molar-refractivity contribution in [3.63, 3.8) is 0 Å². The molecule has 0 aromatic carbocycles. The van der Waals surface area contributed by atoms with Crippen molar-refractivity contribution in [1.29, 1.82) is 0 Å². The van der Waals surface area contributed by atoms with E-state index >= 15 is 0 Å². The number of nitrogens with one attached hydrogen (secondary N) is 1. The Bertz CT molecular complexity index is 422. The first-order chi connectivity index (χ1) is 9.72. The van der Waals surface area contributed by atoms with E-state index in [1.54, 1.807) is 0 Å². The number of rotatable bonds is 5. The molecule has 1 saturated carbocycles. The third-order valence-electron chi connectivity index (χ3n) is 4.59. The zero-order valence-electron chi connectivity index (χ0n) is 12.8. The maximum absolute atomic E-state index is 4.62. The van der Waals surface area contributed by atoms with Crippen molar-refractivity contribution >= 4 is 5.82 Å². The molecule has 0 radical (unpaired) electrons. The van der Waals surface area contributed by atoms with Gasteiger partial charge in [-0.25, -0.2) is 4.98 Å². The second-order valence-corrected chi connectivity index (χ2v) is 6.80. The molecule has 3 nitrogen and oxygen atoms in total. The third-order valence-corrected chi connectivity index (χ3v) is 4.59. The van der Waals surface area contributed by atoms with E-state index in [1.807, 2.05) is 0 Å². The average molecular weight is 273 g/mol. The van der Waals surface area contributed by atoms with Crippen LogP contribution in [-0.4, -0.2) is 29.0 Å². The Balaban J connectivity index is 1.63. The molecule has 2 aliphatic rings. The zero-order valence-corrected chi connectivity index (χ0v) is 12.8. The van der Waals surface area contributed by atoms with Gasteiger partial charge in [0.1, 0.15) is 5.82 Å². The molecule has 1 aliphatic heterocycles. The largest absolute Gasteiger partial charge is 0.367 e. The minimum atomic E-state index is 0.586. The summed E-state index contributed by atoms with van der Waals surface area (Å²) in [5, 5.41) is 3.51. The van der Waals surface area contributed by atoms with Gasteiger partial charge in [0.05, 0.1) is 0 Å². The Hall–Kier alpha value is -1.09. The molecule has 3 heteroatoms. The lowest BCUT2D eigenvalue weighted by Crippen LogP contribution is -2.28. The van der Waals surface area contributed by atoms with Crippen molar-refractivity contribution in [3.05, 3.63) is 23.9 Å². The van der Waals surface area contributed by atoms with Crippen LogP contribution in [0.1, 0.15) is 57.6 Å². The molecular weight excluding hydrogens is 246 g/mol. The zero-order chi connectivity index (χ0) is 13.9. The van der Waals surface area contributed by atoms with Crippen molar-refractivity contribution in [3.8, 4) is 0 Å². The minimum Gasteiger partial charge on any atom is -0.367 e.